The lowest BCUT2D eigenvalue weighted by molar-refractivity contribution is -0.146. The fourth-order valence-corrected chi connectivity index (χ4v) is 8.29. The molecule has 0 aliphatic heterocycles. The third-order valence-electron chi connectivity index (χ3n) is 12.9. The van der Waals surface area contributed by atoms with Crippen molar-refractivity contribution < 1.29 is 43.2 Å². The van der Waals surface area contributed by atoms with Crippen LogP contribution in [0.25, 0.3) is 0 Å². The fourth-order valence-electron chi connectivity index (χ4n) is 8.29. The zero-order chi connectivity index (χ0) is 53.8. The Kier molecular flexibility index (Phi) is 47.3. The molecule has 0 spiro atoms. The summed E-state index contributed by atoms with van der Waals surface area (Å²) in [6, 6.07) is 0. The number of nitrogens with one attached hydrogen (secondary N) is 3. The molecule has 0 radical (unpaired) electrons. The number of hydrogen-bond acceptors (Lipinski definition) is 17. The number of carbonyl (C=O) groups is 4. The number of aliphatic hydroxyl groups excluding tert-OH is 1. The van der Waals surface area contributed by atoms with E-state index in [2.05, 4.69) is 68.4 Å². The summed E-state index contributed by atoms with van der Waals surface area (Å²) in [5, 5.41) is 19.3. The van der Waals surface area contributed by atoms with Gasteiger partial charge in [-0.05, 0) is 64.5 Å². The maximum Gasteiger partial charge on any atom is 0.307 e. The smallest absolute Gasteiger partial charge is 0.307 e. The van der Waals surface area contributed by atoms with Gasteiger partial charge in [-0.25, -0.2) is 0 Å². The third-order valence-corrected chi connectivity index (χ3v) is 12.9. The van der Waals surface area contributed by atoms with Crippen LogP contribution in [0.5, 0.6) is 0 Å². The van der Waals surface area contributed by atoms with Gasteiger partial charge >= 0.3 is 23.9 Å². The van der Waals surface area contributed by atoms with E-state index < -0.39 is 0 Å². The quantitative estimate of drug-likeness (QED) is 0.0272. The molecule has 0 amide bonds. The van der Waals surface area contributed by atoms with Crippen LogP contribution in [0.4, 0.5) is 17.8 Å². The van der Waals surface area contributed by atoms with Crippen molar-refractivity contribution >= 4 is 41.7 Å². The van der Waals surface area contributed by atoms with Crippen LogP contribution < -0.4 is 16.0 Å². The number of hydrogen-bond donors (Lipinski definition) is 4. The number of nitrogens with zero attached hydrogens (tertiary/aromatic N) is 5. The Morgan fingerprint density at radius 3 is 0.878 bits per heavy atom. The molecule has 17 heteroatoms. The number of ether oxygens (including phenoxy) is 4. The van der Waals surface area contributed by atoms with E-state index in [-0.39, 0.29) is 56.2 Å². The molecule has 0 saturated heterocycles. The van der Waals surface area contributed by atoms with Crippen LogP contribution in [0.1, 0.15) is 233 Å². The monoisotopic (exact) mass is 1050 g/mol. The van der Waals surface area contributed by atoms with Crippen molar-refractivity contribution in [3.63, 3.8) is 0 Å². The Hall–Kier alpha value is -3.83. The molecule has 0 aliphatic carbocycles. The van der Waals surface area contributed by atoms with Crippen LogP contribution in [0.2, 0.25) is 0 Å². The van der Waals surface area contributed by atoms with Gasteiger partial charge in [-0.15, -0.1) is 0 Å². The molecule has 0 unspecified atom stereocenters. The molecule has 430 valence electrons. The molecular formula is C57H108N8O9. The SMILES string of the molecule is CCCCCCCCOC(=O)CCN(CCCNc1nc(NCCCCO)nc(NCCCN(CCC(=O)OCCCCCCCC)CCC(=O)OCCCCCCCC)n1)CCC(=O)OCCCCCCCC. The average Bonchev–Trinajstić information content (AvgIpc) is 3.40. The van der Waals surface area contributed by atoms with Gasteiger partial charge in [0.15, 0.2) is 0 Å². The van der Waals surface area contributed by atoms with E-state index in [1.165, 1.54) is 77.0 Å². The summed E-state index contributed by atoms with van der Waals surface area (Å²) in [7, 11) is 0. The molecule has 1 rings (SSSR count). The molecule has 0 saturated carbocycles. The van der Waals surface area contributed by atoms with Crippen molar-refractivity contribution in [2.24, 2.45) is 0 Å². The first-order valence-electron chi connectivity index (χ1n) is 29.9. The van der Waals surface area contributed by atoms with Crippen molar-refractivity contribution in [3.8, 4) is 0 Å². The molecule has 1 heterocycles. The van der Waals surface area contributed by atoms with Gasteiger partial charge in [-0.1, -0.05) is 156 Å². The highest BCUT2D eigenvalue weighted by Gasteiger charge is 2.15. The molecule has 0 fully saturated rings. The van der Waals surface area contributed by atoms with Crippen LogP contribution in [0.15, 0.2) is 0 Å². The van der Waals surface area contributed by atoms with Gasteiger partial charge in [0.05, 0.1) is 52.1 Å². The minimum absolute atomic E-state index is 0.105. The van der Waals surface area contributed by atoms with E-state index in [9.17, 15) is 24.3 Å². The van der Waals surface area contributed by atoms with Crippen LogP contribution in [-0.2, 0) is 38.1 Å². The minimum Gasteiger partial charge on any atom is -0.466 e. The number of aromatic nitrogens is 3. The summed E-state index contributed by atoms with van der Waals surface area (Å²) >= 11 is 0. The van der Waals surface area contributed by atoms with Crippen molar-refractivity contribution in [2.45, 2.75) is 233 Å². The van der Waals surface area contributed by atoms with E-state index in [0.29, 0.717) is 122 Å². The summed E-state index contributed by atoms with van der Waals surface area (Å²) in [6.07, 6.45) is 30.8. The van der Waals surface area contributed by atoms with Gasteiger partial charge in [0.1, 0.15) is 0 Å². The predicted octanol–water partition coefficient (Wildman–Crippen LogP) is 11.4. The Bertz CT molecular complexity index is 1330. The lowest BCUT2D eigenvalue weighted by Crippen LogP contribution is -2.32. The van der Waals surface area contributed by atoms with Gasteiger partial charge in [-0.3, -0.25) is 19.2 Å². The van der Waals surface area contributed by atoms with Gasteiger partial charge in [0.25, 0.3) is 0 Å². The molecular weight excluding hydrogens is 941 g/mol. The van der Waals surface area contributed by atoms with Crippen molar-refractivity contribution in [1.29, 1.82) is 0 Å². The molecule has 0 aromatic carbocycles. The van der Waals surface area contributed by atoms with Crippen molar-refractivity contribution in [2.75, 3.05) is 108 Å². The third kappa shape index (κ3) is 43.4. The first kappa shape index (κ1) is 68.2. The first-order chi connectivity index (χ1) is 36.2. The lowest BCUT2D eigenvalue weighted by atomic mass is 10.1. The van der Waals surface area contributed by atoms with Crippen LogP contribution in [0.3, 0.4) is 0 Å². The minimum atomic E-state index is -0.221. The highest BCUT2D eigenvalue weighted by molar-refractivity contribution is 5.71. The largest absolute Gasteiger partial charge is 0.466 e. The highest BCUT2D eigenvalue weighted by atomic mass is 16.5. The molecule has 17 nitrogen and oxygen atoms in total. The lowest BCUT2D eigenvalue weighted by Gasteiger charge is -2.22. The van der Waals surface area contributed by atoms with E-state index in [1.54, 1.807) is 0 Å². The van der Waals surface area contributed by atoms with E-state index in [1.807, 2.05) is 0 Å². The first-order valence-corrected chi connectivity index (χ1v) is 29.9. The second kappa shape index (κ2) is 51.3. The molecule has 0 atom stereocenters. The molecule has 1 aromatic heterocycles. The van der Waals surface area contributed by atoms with E-state index >= 15 is 0 Å². The number of rotatable bonds is 55. The average molecular weight is 1050 g/mol. The topological polar surface area (TPSA) is 207 Å². The summed E-state index contributed by atoms with van der Waals surface area (Å²) in [4.78, 5) is 69.0. The predicted molar refractivity (Wildman–Crippen MR) is 300 cm³/mol. The second-order valence-electron chi connectivity index (χ2n) is 19.9. The molecule has 1 aromatic rings. The van der Waals surface area contributed by atoms with Gasteiger partial charge in [0.2, 0.25) is 17.8 Å². The Labute approximate surface area is 449 Å². The highest BCUT2D eigenvalue weighted by Crippen LogP contribution is 2.13. The zero-order valence-electron chi connectivity index (χ0n) is 47.5. The Morgan fingerprint density at radius 1 is 0.351 bits per heavy atom. The second-order valence-corrected chi connectivity index (χ2v) is 19.9. The number of aliphatic hydroxyl groups is 1. The van der Waals surface area contributed by atoms with Crippen LogP contribution in [-0.4, -0.2) is 146 Å². The standard InChI is InChI=1S/C57H108N8O9/c1-5-9-13-17-21-27-47-71-51(67)33-42-64(43-34-52(68)72-48-28-22-18-14-10-6-2)40-31-38-59-56-61-55(58-37-25-26-46-66)62-57(63-56)60-39-32-41-65(44-35-53(69)73-49-29-23-19-15-11-7-3)45-36-54(70)74-50-30-24-20-16-12-8-4/h66H,5-50H2,1-4H3,(H3,58,59,60,61,62,63). The van der Waals surface area contributed by atoms with Crippen LogP contribution in [0, 0.1) is 0 Å². The van der Waals surface area contributed by atoms with Crippen LogP contribution >= 0.6 is 0 Å². The number of anilines is 3. The summed E-state index contributed by atoms with van der Waals surface area (Å²) in [6.45, 7) is 15.5. The molecule has 0 bridgehead atoms. The number of carbonyl (C=O) groups excluding carboxylic acids is 4. The maximum atomic E-state index is 12.7. The van der Waals surface area contributed by atoms with E-state index in [0.717, 1.165) is 83.5 Å². The number of esters is 4. The Morgan fingerprint density at radius 2 is 0.608 bits per heavy atom. The van der Waals surface area contributed by atoms with Crippen molar-refractivity contribution in [3.05, 3.63) is 0 Å². The number of unbranched alkanes of at least 4 members (excludes halogenated alkanes) is 21. The summed E-state index contributed by atoms with van der Waals surface area (Å²) < 4.78 is 22.2. The van der Waals surface area contributed by atoms with E-state index in [4.69, 9.17) is 18.9 Å². The normalized spacial score (nSPS) is 11.3. The molecule has 0 aliphatic rings. The van der Waals surface area contributed by atoms with Crippen molar-refractivity contribution in [1.82, 2.24) is 24.8 Å². The van der Waals surface area contributed by atoms with Gasteiger partial charge in [0, 0.05) is 52.4 Å². The maximum absolute atomic E-state index is 12.7. The Balaban J connectivity index is 2.88. The molecule has 74 heavy (non-hydrogen) atoms. The fraction of sp³-hybridized carbons (Fsp3) is 0.877. The molecule has 4 N–H and O–H groups in total. The zero-order valence-corrected chi connectivity index (χ0v) is 47.5. The summed E-state index contributed by atoms with van der Waals surface area (Å²) in [5.41, 5.74) is 0. The summed E-state index contributed by atoms with van der Waals surface area (Å²) in [5.74, 6) is 0.322. The van der Waals surface area contributed by atoms with Gasteiger partial charge < -0.3 is 49.8 Å². The van der Waals surface area contributed by atoms with Gasteiger partial charge in [-0.2, -0.15) is 15.0 Å².